The lowest BCUT2D eigenvalue weighted by Gasteiger charge is -2.19. The molecular formula is C27H22ClN3O4S. The molecule has 36 heavy (non-hydrogen) atoms. The summed E-state index contributed by atoms with van der Waals surface area (Å²) in [5.74, 6) is -0.437. The first-order chi connectivity index (χ1) is 17.3. The van der Waals surface area contributed by atoms with E-state index in [2.05, 4.69) is 17.6 Å². The van der Waals surface area contributed by atoms with Crippen LogP contribution in [0.25, 0.3) is 10.8 Å². The van der Waals surface area contributed by atoms with Gasteiger partial charge in [-0.3, -0.25) is 19.7 Å². The van der Waals surface area contributed by atoms with Crippen molar-refractivity contribution in [1.29, 1.82) is 0 Å². The summed E-state index contributed by atoms with van der Waals surface area (Å²) >= 11 is 7.57. The SMILES string of the molecule is CC1CCc2c(sc(NC(=O)c3cc([N+](=O)[O-])ccc3Cl)c2C(=O)Nc2cccc3ccccc23)C1. The first kappa shape index (κ1) is 24.0. The molecule has 1 aliphatic rings. The number of nitro benzene ring substituents is 1. The average Bonchev–Trinajstić information content (AvgIpc) is 3.21. The normalized spacial score (nSPS) is 14.8. The van der Waals surface area contributed by atoms with Gasteiger partial charge in [0.25, 0.3) is 17.5 Å². The van der Waals surface area contributed by atoms with Crippen molar-refractivity contribution in [2.45, 2.75) is 26.2 Å². The van der Waals surface area contributed by atoms with Crippen LogP contribution in [-0.4, -0.2) is 16.7 Å². The zero-order chi connectivity index (χ0) is 25.4. The van der Waals surface area contributed by atoms with E-state index in [-0.39, 0.29) is 22.2 Å². The summed E-state index contributed by atoms with van der Waals surface area (Å²) in [5, 5.41) is 19.5. The minimum atomic E-state index is -0.602. The van der Waals surface area contributed by atoms with Gasteiger partial charge in [0.15, 0.2) is 0 Å². The van der Waals surface area contributed by atoms with E-state index in [9.17, 15) is 19.7 Å². The number of nitro groups is 1. The number of non-ortho nitro benzene ring substituents is 1. The molecule has 1 aromatic heterocycles. The highest BCUT2D eigenvalue weighted by molar-refractivity contribution is 7.17. The van der Waals surface area contributed by atoms with E-state index in [1.807, 2.05) is 42.5 Å². The predicted octanol–water partition coefficient (Wildman–Crippen LogP) is 7.09. The standard InChI is InChI=1S/C27H22ClN3O4S/c1-15-9-11-19-23(13-15)36-27(30-25(32)20-14-17(31(34)35)10-12-21(20)28)24(19)26(33)29-22-8-4-6-16-5-2-3-7-18(16)22/h2-8,10,12,14-15H,9,11,13H2,1H3,(H,29,33)(H,30,32). The van der Waals surface area contributed by atoms with E-state index in [0.29, 0.717) is 22.2 Å². The van der Waals surface area contributed by atoms with E-state index in [4.69, 9.17) is 11.6 Å². The van der Waals surface area contributed by atoms with Crippen LogP contribution in [0.1, 0.15) is 44.5 Å². The number of hydrogen-bond acceptors (Lipinski definition) is 5. The van der Waals surface area contributed by atoms with Gasteiger partial charge in [-0.1, -0.05) is 54.9 Å². The van der Waals surface area contributed by atoms with Crippen LogP contribution in [0.3, 0.4) is 0 Å². The van der Waals surface area contributed by atoms with E-state index < -0.39 is 10.8 Å². The Morgan fingerprint density at radius 2 is 1.83 bits per heavy atom. The maximum atomic E-state index is 13.7. The summed E-state index contributed by atoms with van der Waals surface area (Å²) in [6.45, 7) is 2.17. The second kappa shape index (κ2) is 9.72. The third-order valence-corrected chi connectivity index (χ3v) is 7.91. The molecule has 0 fully saturated rings. The van der Waals surface area contributed by atoms with Crippen molar-refractivity contribution in [2.75, 3.05) is 10.6 Å². The monoisotopic (exact) mass is 519 g/mol. The van der Waals surface area contributed by atoms with Gasteiger partial charge in [-0.05, 0) is 48.3 Å². The summed E-state index contributed by atoms with van der Waals surface area (Å²) < 4.78 is 0. The lowest BCUT2D eigenvalue weighted by Crippen LogP contribution is -2.19. The van der Waals surface area contributed by atoms with Crippen molar-refractivity contribution in [3.05, 3.63) is 97.4 Å². The van der Waals surface area contributed by atoms with Gasteiger partial charge in [-0.25, -0.2) is 0 Å². The fourth-order valence-electron chi connectivity index (χ4n) is 4.57. The zero-order valence-corrected chi connectivity index (χ0v) is 20.9. The topological polar surface area (TPSA) is 101 Å². The Balaban J connectivity index is 1.52. The van der Waals surface area contributed by atoms with Crippen molar-refractivity contribution < 1.29 is 14.5 Å². The number of thiophene rings is 1. The Labute approximate surface area is 216 Å². The van der Waals surface area contributed by atoms with Crippen molar-refractivity contribution >= 4 is 61.9 Å². The number of amides is 2. The molecule has 0 saturated heterocycles. The van der Waals surface area contributed by atoms with E-state index >= 15 is 0 Å². The number of halogens is 1. The molecular weight excluding hydrogens is 498 g/mol. The number of carbonyl (C=O) groups is 2. The van der Waals surface area contributed by atoms with Crippen LogP contribution in [0.2, 0.25) is 5.02 Å². The van der Waals surface area contributed by atoms with Crippen LogP contribution in [0, 0.1) is 16.0 Å². The van der Waals surface area contributed by atoms with Crippen LogP contribution in [0.15, 0.2) is 60.7 Å². The minimum Gasteiger partial charge on any atom is -0.321 e. The molecule has 4 aromatic rings. The highest BCUT2D eigenvalue weighted by atomic mass is 35.5. The molecule has 1 atom stereocenters. The lowest BCUT2D eigenvalue weighted by molar-refractivity contribution is -0.384. The molecule has 1 heterocycles. The highest BCUT2D eigenvalue weighted by Crippen LogP contribution is 2.41. The van der Waals surface area contributed by atoms with Gasteiger partial charge in [0.1, 0.15) is 5.00 Å². The Morgan fingerprint density at radius 1 is 1.06 bits per heavy atom. The fraction of sp³-hybridized carbons (Fsp3) is 0.185. The molecule has 9 heteroatoms. The largest absolute Gasteiger partial charge is 0.321 e. The number of hydrogen-bond donors (Lipinski definition) is 2. The van der Waals surface area contributed by atoms with Gasteiger partial charge in [0.05, 0.1) is 21.1 Å². The smallest absolute Gasteiger partial charge is 0.270 e. The zero-order valence-electron chi connectivity index (χ0n) is 19.3. The molecule has 2 N–H and O–H groups in total. The fourth-order valence-corrected chi connectivity index (χ4v) is 6.18. The third kappa shape index (κ3) is 4.57. The van der Waals surface area contributed by atoms with E-state index in [1.54, 1.807) is 0 Å². The van der Waals surface area contributed by atoms with Gasteiger partial charge in [-0.15, -0.1) is 11.3 Å². The van der Waals surface area contributed by atoms with Crippen LogP contribution in [0.4, 0.5) is 16.4 Å². The Hall–Kier alpha value is -3.75. The second-order valence-corrected chi connectivity index (χ2v) is 10.4. The maximum Gasteiger partial charge on any atom is 0.270 e. The van der Waals surface area contributed by atoms with Gasteiger partial charge in [0, 0.05) is 28.1 Å². The first-order valence-electron chi connectivity index (χ1n) is 11.5. The molecule has 0 bridgehead atoms. The average molecular weight is 520 g/mol. The number of carbonyl (C=O) groups excluding carboxylic acids is 2. The first-order valence-corrected chi connectivity index (χ1v) is 12.7. The molecule has 3 aromatic carbocycles. The van der Waals surface area contributed by atoms with Crippen molar-refractivity contribution in [3.8, 4) is 0 Å². The summed E-state index contributed by atoms with van der Waals surface area (Å²) in [6.07, 6.45) is 2.50. The number of nitrogens with one attached hydrogen (secondary N) is 2. The van der Waals surface area contributed by atoms with Crippen molar-refractivity contribution in [2.24, 2.45) is 5.92 Å². The molecule has 0 radical (unpaired) electrons. The van der Waals surface area contributed by atoms with Gasteiger partial charge < -0.3 is 10.6 Å². The lowest BCUT2D eigenvalue weighted by atomic mass is 9.88. The summed E-state index contributed by atoms with van der Waals surface area (Å²) in [6, 6.07) is 17.2. The molecule has 0 spiro atoms. The molecule has 182 valence electrons. The third-order valence-electron chi connectivity index (χ3n) is 6.41. The molecule has 0 saturated carbocycles. The molecule has 2 amide bonds. The van der Waals surface area contributed by atoms with Gasteiger partial charge >= 0.3 is 0 Å². The summed E-state index contributed by atoms with van der Waals surface area (Å²) in [7, 11) is 0. The Bertz CT molecular complexity index is 1530. The van der Waals surface area contributed by atoms with Crippen LogP contribution in [0.5, 0.6) is 0 Å². The molecule has 5 rings (SSSR count). The van der Waals surface area contributed by atoms with Crippen LogP contribution >= 0.6 is 22.9 Å². The number of anilines is 2. The molecule has 1 aliphatic carbocycles. The van der Waals surface area contributed by atoms with Crippen molar-refractivity contribution in [3.63, 3.8) is 0 Å². The number of fused-ring (bicyclic) bond motifs is 2. The Kier molecular flexibility index (Phi) is 6.47. The molecule has 7 nitrogen and oxygen atoms in total. The predicted molar refractivity (Wildman–Crippen MR) is 143 cm³/mol. The minimum absolute atomic E-state index is 0.0222. The van der Waals surface area contributed by atoms with Gasteiger partial charge in [-0.2, -0.15) is 0 Å². The second-order valence-electron chi connectivity index (χ2n) is 8.91. The van der Waals surface area contributed by atoms with Crippen LogP contribution in [-0.2, 0) is 12.8 Å². The number of nitrogens with zero attached hydrogens (tertiary/aromatic N) is 1. The molecule has 1 unspecified atom stereocenters. The van der Waals surface area contributed by atoms with E-state index in [0.717, 1.165) is 46.5 Å². The van der Waals surface area contributed by atoms with Gasteiger partial charge in [0.2, 0.25) is 0 Å². The number of rotatable bonds is 5. The maximum absolute atomic E-state index is 13.7. The highest BCUT2D eigenvalue weighted by Gasteiger charge is 2.29. The van der Waals surface area contributed by atoms with Crippen molar-refractivity contribution in [1.82, 2.24) is 0 Å². The van der Waals surface area contributed by atoms with Crippen LogP contribution < -0.4 is 10.6 Å². The number of benzene rings is 3. The van der Waals surface area contributed by atoms with E-state index in [1.165, 1.54) is 23.5 Å². The Morgan fingerprint density at radius 3 is 2.64 bits per heavy atom. The summed E-state index contributed by atoms with van der Waals surface area (Å²) in [4.78, 5) is 38.5. The molecule has 0 aliphatic heterocycles. The quantitative estimate of drug-likeness (QED) is 0.217. The summed E-state index contributed by atoms with van der Waals surface area (Å²) in [5.41, 5.74) is 1.80.